The van der Waals surface area contributed by atoms with Crippen LogP contribution in [0.1, 0.15) is 26.3 Å². The quantitative estimate of drug-likeness (QED) is 0.870. The summed E-state index contributed by atoms with van der Waals surface area (Å²) in [6, 6.07) is 8.35. The van der Waals surface area contributed by atoms with Gasteiger partial charge in [-0.25, -0.2) is 0 Å². The maximum atomic E-state index is 9.11. The number of rotatable bonds is 4. The van der Waals surface area contributed by atoms with Gasteiger partial charge in [0.25, 0.3) is 0 Å². The fourth-order valence-corrected chi connectivity index (χ4v) is 2.12. The predicted octanol–water partition coefficient (Wildman–Crippen LogP) is 2.52. The van der Waals surface area contributed by atoms with Gasteiger partial charge in [-0.2, -0.15) is 0 Å². The van der Waals surface area contributed by atoms with Crippen LogP contribution in [0.2, 0.25) is 0 Å². The van der Waals surface area contributed by atoms with E-state index in [1.165, 1.54) is 16.5 Å². The Bertz CT molecular complexity index is 523. The van der Waals surface area contributed by atoms with Gasteiger partial charge in [0.15, 0.2) is 0 Å². The molecule has 18 heavy (non-hydrogen) atoms. The van der Waals surface area contributed by atoms with E-state index < -0.39 is 0 Å². The van der Waals surface area contributed by atoms with Gasteiger partial charge in [-0.05, 0) is 32.4 Å². The molecule has 0 spiro atoms. The molecule has 2 aromatic rings. The number of para-hydroxylation sites is 1. The Labute approximate surface area is 108 Å². The highest BCUT2D eigenvalue weighted by atomic mass is 16.3. The molecule has 0 aliphatic carbocycles. The monoisotopic (exact) mass is 246 g/mol. The molecule has 0 saturated heterocycles. The summed E-state index contributed by atoms with van der Waals surface area (Å²) in [6.45, 7) is 8.17. The Morgan fingerprint density at radius 3 is 2.61 bits per heavy atom. The smallest absolute Gasteiger partial charge is 0.0610 e. The van der Waals surface area contributed by atoms with Gasteiger partial charge < -0.3 is 15.0 Å². The molecule has 0 amide bonds. The van der Waals surface area contributed by atoms with Crippen molar-refractivity contribution in [1.82, 2.24) is 9.88 Å². The molecule has 0 saturated carbocycles. The van der Waals surface area contributed by atoms with Gasteiger partial charge in [0.2, 0.25) is 0 Å². The zero-order valence-electron chi connectivity index (χ0n) is 11.4. The first-order valence-electron chi connectivity index (χ1n) is 6.44. The van der Waals surface area contributed by atoms with Crippen molar-refractivity contribution < 1.29 is 5.11 Å². The number of aliphatic hydroxyl groups excluding tert-OH is 1. The Balaban J connectivity index is 2.32. The molecule has 2 N–H and O–H groups in total. The molecule has 0 radical (unpaired) electrons. The van der Waals surface area contributed by atoms with Crippen LogP contribution in [-0.4, -0.2) is 21.8 Å². The zero-order chi connectivity index (χ0) is 13.2. The first kappa shape index (κ1) is 13.1. The lowest BCUT2D eigenvalue weighted by atomic mass is 10.1. The SMILES string of the molecule is CC(C)(C)NCc1cn(CCO)c2ccccc12. The van der Waals surface area contributed by atoms with Gasteiger partial charge >= 0.3 is 0 Å². The lowest BCUT2D eigenvalue weighted by Gasteiger charge is -2.20. The van der Waals surface area contributed by atoms with Crippen LogP contribution in [0.5, 0.6) is 0 Å². The molecule has 1 heterocycles. The van der Waals surface area contributed by atoms with E-state index in [4.69, 9.17) is 5.11 Å². The minimum absolute atomic E-state index is 0.111. The van der Waals surface area contributed by atoms with Crippen LogP contribution in [0.3, 0.4) is 0 Å². The van der Waals surface area contributed by atoms with Crippen LogP contribution < -0.4 is 5.32 Å². The number of benzene rings is 1. The molecular formula is C15H22N2O. The van der Waals surface area contributed by atoms with Crippen LogP contribution in [-0.2, 0) is 13.1 Å². The number of aliphatic hydroxyl groups is 1. The molecule has 0 unspecified atom stereocenters. The summed E-state index contributed by atoms with van der Waals surface area (Å²) in [4.78, 5) is 0. The Kier molecular flexibility index (Phi) is 3.73. The maximum absolute atomic E-state index is 9.11. The van der Waals surface area contributed by atoms with Gasteiger partial charge in [0.1, 0.15) is 0 Å². The summed E-state index contributed by atoms with van der Waals surface area (Å²) in [6.07, 6.45) is 2.14. The highest BCUT2D eigenvalue weighted by molar-refractivity contribution is 5.83. The van der Waals surface area contributed by atoms with Gasteiger partial charge in [-0.15, -0.1) is 0 Å². The van der Waals surface area contributed by atoms with Gasteiger partial charge in [0.05, 0.1) is 6.61 Å². The average molecular weight is 246 g/mol. The molecular weight excluding hydrogens is 224 g/mol. The van der Waals surface area contributed by atoms with E-state index in [9.17, 15) is 0 Å². The van der Waals surface area contributed by atoms with Crippen LogP contribution >= 0.6 is 0 Å². The molecule has 0 bridgehead atoms. The average Bonchev–Trinajstić information content (AvgIpc) is 2.65. The molecule has 0 aliphatic rings. The Morgan fingerprint density at radius 2 is 1.94 bits per heavy atom. The van der Waals surface area contributed by atoms with Crippen LogP contribution in [0.15, 0.2) is 30.5 Å². The lowest BCUT2D eigenvalue weighted by molar-refractivity contribution is 0.278. The van der Waals surface area contributed by atoms with Crippen LogP contribution in [0.25, 0.3) is 10.9 Å². The summed E-state index contributed by atoms with van der Waals surface area (Å²) in [5.41, 5.74) is 2.59. The normalized spacial score (nSPS) is 12.2. The molecule has 1 aromatic carbocycles. The van der Waals surface area contributed by atoms with Crippen molar-refractivity contribution in [1.29, 1.82) is 0 Å². The fourth-order valence-electron chi connectivity index (χ4n) is 2.12. The van der Waals surface area contributed by atoms with Gasteiger partial charge in [-0.3, -0.25) is 0 Å². The third-order valence-electron chi connectivity index (χ3n) is 3.02. The van der Waals surface area contributed by atoms with Crippen LogP contribution in [0, 0.1) is 0 Å². The largest absolute Gasteiger partial charge is 0.395 e. The number of nitrogens with zero attached hydrogens (tertiary/aromatic N) is 1. The second-order valence-corrected chi connectivity index (χ2v) is 5.69. The summed E-state index contributed by atoms with van der Waals surface area (Å²) in [5.74, 6) is 0. The number of nitrogens with one attached hydrogen (secondary N) is 1. The van der Waals surface area contributed by atoms with E-state index >= 15 is 0 Å². The first-order valence-corrected chi connectivity index (χ1v) is 6.44. The fraction of sp³-hybridized carbons (Fsp3) is 0.467. The standard InChI is InChI=1S/C15H22N2O/c1-15(2,3)16-10-12-11-17(8-9-18)14-7-5-4-6-13(12)14/h4-7,11,16,18H,8-10H2,1-3H3. The summed E-state index contributed by atoms with van der Waals surface area (Å²) in [5, 5.41) is 13.9. The first-order chi connectivity index (χ1) is 8.51. The maximum Gasteiger partial charge on any atom is 0.0610 e. The van der Waals surface area contributed by atoms with E-state index in [1.807, 2.05) is 6.07 Å². The lowest BCUT2D eigenvalue weighted by Crippen LogP contribution is -2.34. The molecule has 98 valence electrons. The van der Waals surface area contributed by atoms with E-state index in [-0.39, 0.29) is 12.1 Å². The van der Waals surface area contributed by atoms with Crippen molar-refractivity contribution in [3.63, 3.8) is 0 Å². The Morgan fingerprint density at radius 1 is 1.22 bits per heavy atom. The van der Waals surface area contributed by atoms with E-state index in [0.717, 1.165) is 6.54 Å². The van der Waals surface area contributed by atoms with Gasteiger partial charge in [0, 0.05) is 35.7 Å². The second-order valence-electron chi connectivity index (χ2n) is 5.69. The molecule has 3 nitrogen and oxygen atoms in total. The number of hydrogen-bond donors (Lipinski definition) is 2. The van der Waals surface area contributed by atoms with Crippen molar-refractivity contribution in [2.45, 2.75) is 39.4 Å². The van der Waals surface area contributed by atoms with Crippen molar-refractivity contribution in [3.05, 3.63) is 36.0 Å². The number of aromatic nitrogens is 1. The van der Waals surface area contributed by atoms with E-state index in [1.54, 1.807) is 0 Å². The molecule has 3 heteroatoms. The number of hydrogen-bond acceptors (Lipinski definition) is 2. The molecule has 0 aliphatic heterocycles. The minimum atomic E-state index is 0.111. The molecule has 2 rings (SSSR count). The summed E-state index contributed by atoms with van der Waals surface area (Å²) >= 11 is 0. The van der Waals surface area contributed by atoms with Crippen molar-refractivity contribution in [2.24, 2.45) is 0 Å². The zero-order valence-corrected chi connectivity index (χ0v) is 11.4. The molecule has 0 fully saturated rings. The third-order valence-corrected chi connectivity index (χ3v) is 3.02. The Hall–Kier alpha value is -1.32. The minimum Gasteiger partial charge on any atom is -0.395 e. The van der Waals surface area contributed by atoms with Crippen LogP contribution in [0.4, 0.5) is 0 Å². The highest BCUT2D eigenvalue weighted by Gasteiger charge is 2.12. The van der Waals surface area contributed by atoms with Crippen molar-refractivity contribution >= 4 is 10.9 Å². The van der Waals surface area contributed by atoms with Gasteiger partial charge in [-0.1, -0.05) is 18.2 Å². The summed E-state index contributed by atoms with van der Waals surface area (Å²) in [7, 11) is 0. The molecule has 1 aromatic heterocycles. The second kappa shape index (κ2) is 5.12. The highest BCUT2D eigenvalue weighted by Crippen LogP contribution is 2.21. The van der Waals surface area contributed by atoms with Crippen molar-refractivity contribution in [2.75, 3.05) is 6.61 Å². The van der Waals surface area contributed by atoms with Crippen molar-refractivity contribution in [3.8, 4) is 0 Å². The number of fused-ring (bicyclic) bond motifs is 1. The molecule has 0 atom stereocenters. The van der Waals surface area contributed by atoms with E-state index in [0.29, 0.717) is 6.54 Å². The predicted molar refractivity (Wildman–Crippen MR) is 75.6 cm³/mol. The summed E-state index contributed by atoms with van der Waals surface area (Å²) < 4.78 is 2.12. The topological polar surface area (TPSA) is 37.2 Å². The third kappa shape index (κ3) is 2.92. The van der Waals surface area contributed by atoms with E-state index in [2.05, 4.69) is 55.1 Å².